The van der Waals surface area contributed by atoms with E-state index in [1.807, 2.05) is 6.92 Å². The lowest BCUT2D eigenvalue weighted by atomic mass is 9.79. The molecule has 2 aliphatic rings. The summed E-state index contributed by atoms with van der Waals surface area (Å²) in [6, 6.07) is 0. The minimum Gasteiger partial charge on any atom is -0.356 e. The molecule has 1 unspecified atom stereocenters. The first-order valence-corrected chi connectivity index (χ1v) is 11.3. The van der Waals surface area contributed by atoms with Crippen LogP contribution in [0.15, 0.2) is 0 Å². The van der Waals surface area contributed by atoms with E-state index in [4.69, 9.17) is 0 Å². The minimum atomic E-state index is 0.120. The zero-order chi connectivity index (χ0) is 19.6. The molecule has 1 aliphatic carbocycles. The topological polar surface area (TPSA) is 52.7 Å². The molecule has 5 heteroatoms. The van der Waals surface area contributed by atoms with Crippen LogP contribution in [0.5, 0.6) is 0 Å². The number of rotatable bonds is 10. The molecule has 1 aliphatic heterocycles. The molecule has 1 saturated carbocycles. The number of carbonyl (C=O) groups excluding carboxylic acids is 2. The van der Waals surface area contributed by atoms with Gasteiger partial charge < -0.3 is 15.1 Å². The summed E-state index contributed by atoms with van der Waals surface area (Å²) in [6.07, 6.45) is 6.46. The predicted octanol–water partition coefficient (Wildman–Crippen LogP) is 2.94. The van der Waals surface area contributed by atoms with Gasteiger partial charge >= 0.3 is 0 Å². The second-order valence-corrected chi connectivity index (χ2v) is 8.67. The first kappa shape index (κ1) is 22.4. The molecule has 0 bridgehead atoms. The van der Waals surface area contributed by atoms with E-state index in [1.165, 1.54) is 26.1 Å². The summed E-state index contributed by atoms with van der Waals surface area (Å²) in [5, 5.41) is 3.13. The molecule has 1 saturated heterocycles. The monoisotopic (exact) mass is 379 g/mol. The zero-order valence-electron chi connectivity index (χ0n) is 17.8. The van der Waals surface area contributed by atoms with Crippen molar-refractivity contribution >= 4 is 11.7 Å². The largest absolute Gasteiger partial charge is 0.356 e. The molecule has 0 aromatic rings. The SMILES string of the molecule is CCC(=O)C1CCC(C(=O)NCCCN2CCN(CC(C)CC)CC2)CC1. The van der Waals surface area contributed by atoms with Crippen LogP contribution in [0.2, 0.25) is 0 Å². The van der Waals surface area contributed by atoms with E-state index in [0.29, 0.717) is 12.2 Å². The lowest BCUT2D eigenvalue weighted by molar-refractivity contribution is -0.129. The Labute approximate surface area is 166 Å². The molecule has 0 radical (unpaired) electrons. The molecule has 0 aromatic heterocycles. The van der Waals surface area contributed by atoms with Gasteiger partial charge in [0, 0.05) is 57.5 Å². The van der Waals surface area contributed by atoms with Crippen LogP contribution >= 0.6 is 0 Å². The molecule has 0 aromatic carbocycles. The Hall–Kier alpha value is -0.940. The van der Waals surface area contributed by atoms with Gasteiger partial charge in [0.2, 0.25) is 5.91 Å². The van der Waals surface area contributed by atoms with Crippen molar-refractivity contribution in [2.45, 2.75) is 65.7 Å². The van der Waals surface area contributed by atoms with E-state index in [-0.39, 0.29) is 17.7 Å². The van der Waals surface area contributed by atoms with E-state index < -0.39 is 0 Å². The molecular formula is C22H41N3O2. The number of ketones is 1. The Morgan fingerprint density at radius 3 is 2.15 bits per heavy atom. The van der Waals surface area contributed by atoms with Crippen LogP contribution in [0.4, 0.5) is 0 Å². The second kappa shape index (κ2) is 11.8. The lowest BCUT2D eigenvalue weighted by Gasteiger charge is -2.35. The molecule has 2 fully saturated rings. The lowest BCUT2D eigenvalue weighted by Crippen LogP contribution is -2.48. The van der Waals surface area contributed by atoms with Crippen molar-refractivity contribution in [3.05, 3.63) is 0 Å². The third kappa shape index (κ3) is 7.53. The number of carbonyl (C=O) groups is 2. The third-order valence-electron chi connectivity index (χ3n) is 6.58. The first-order chi connectivity index (χ1) is 13.0. The molecule has 5 nitrogen and oxygen atoms in total. The number of nitrogens with zero attached hydrogens (tertiary/aromatic N) is 2. The van der Waals surface area contributed by atoms with E-state index in [0.717, 1.165) is 64.2 Å². The van der Waals surface area contributed by atoms with Gasteiger partial charge in [0.1, 0.15) is 5.78 Å². The summed E-state index contributed by atoms with van der Waals surface area (Å²) in [6.45, 7) is 14.3. The number of hydrogen-bond acceptors (Lipinski definition) is 4. The highest BCUT2D eigenvalue weighted by molar-refractivity contribution is 5.82. The highest BCUT2D eigenvalue weighted by atomic mass is 16.2. The Morgan fingerprint density at radius 1 is 0.963 bits per heavy atom. The van der Waals surface area contributed by atoms with Crippen molar-refractivity contribution < 1.29 is 9.59 Å². The van der Waals surface area contributed by atoms with Gasteiger partial charge in [-0.05, 0) is 44.6 Å². The van der Waals surface area contributed by atoms with Crippen molar-refractivity contribution in [2.24, 2.45) is 17.8 Å². The molecule has 156 valence electrons. The number of Topliss-reactive ketones (excluding diaryl/α,β-unsaturated/α-hetero) is 1. The van der Waals surface area contributed by atoms with Gasteiger partial charge in [0.05, 0.1) is 0 Å². The van der Waals surface area contributed by atoms with Crippen molar-refractivity contribution in [3.8, 4) is 0 Å². The predicted molar refractivity (Wildman–Crippen MR) is 111 cm³/mol. The number of nitrogens with one attached hydrogen (secondary N) is 1. The van der Waals surface area contributed by atoms with Crippen LogP contribution in [-0.2, 0) is 9.59 Å². The molecule has 1 atom stereocenters. The fourth-order valence-corrected chi connectivity index (χ4v) is 4.39. The molecule has 1 amide bonds. The summed E-state index contributed by atoms with van der Waals surface area (Å²) in [4.78, 5) is 29.3. The Balaban J connectivity index is 1.53. The highest BCUT2D eigenvalue weighted by Crippen LogP contribution is 2.30. The Kier molecular flexibility index (Phi) is 9.77. The molecule has 27 heavy (non-hydrogen) atoms. The van der Waals surface area contributed by atoms with Crippen molar-refractivity contribution in [1.82, 2.24) is 15.1 Å². The maximum absolute atomic E-state index is 12.4. The quantitative estimate of drug-likeness (QED) is 0.593. The maximum atomic E-state index is 12.4. The van der Waals surface area contributed by atoms with Crippen LogP contribution < -0.4 is 5.32 Å². The first-order valence-electron chi connectivity index (χ1n) is 11.3. The van der Waals surface area contributed by atoms with E-state index in [1.54, 1.807) is 0 Å². The van der Waals surface area contributed by atoms with Crippen LogP contribution in [-0.4, -0.2) is 67.3 Å². The normalized spacial score (nSPS) is 25.9. The zero-order valence-corrected chi connectivity index (χ0v) is 17.8. The average Bonchev–Trinajstić information content (AvgIpc) is 2.71. The maximum Gasteiger partial charge on any atom is 0.223 e. The van der Waals surface area contributed by atoms with Crippen LogP contribution in [0, 0.1) is 17.8 Å². The summed E-state index contributed by atoms with van der Waals surface area (Å²) in [7, 11) is 0. The standard InChI is InChI=1S/C22H41N3O2/c1-4-18(3)17-25-15-13-24(14-16-25)12-6-11-23-22(27)20-9-7-19(8-10-20)21(26)5-2/h18-20H,4-17H2,1-3H3,(H,23,27). The third-order valence-corrected chi connectivity index (χ3v) is 6.58. The van der Waals surface area contributed by atoms with Crippen molar-refractivity contribution in [2.75, 3.05) is 45.8 Å². The number of hydrogen-bond donors (Lipinski definition) is 1. The van der Waals surface area contributed by atoms with Gasteiger partial charge in [-0.3, -0.25) is 9.59 Å². The van der Waals surface area contributed by atoms with Gasteiger partial charge in [-0.1, -0.05) is 27.2 Å². The fraction of sp³-hybridized carbons (Fsp3) is 0.909. The van der Waals surface area contributed by atoms with Gasteiger partial charge in [0.15, 0.2) is 0 Å². The van der Waals surface area contributed by atoms with Gasteiger partial charge in [-0.25, -0.2) is 0 Å². The summed E-state index contributed by atoms with van der Waals surface area (Å²) >= 11 is 0. The average molecular weight is 380 g/mol. The summed E-state index contributed by atoms with van der Waals surface area (Å²) in [5.74, 6) is 1.70. The van der Waals surface area contributed by atoms with Crippen molar-refractivity contribution in [3.63, 3.8) is 0 Å². The second-order valence-electron chi connectivity index (χ2n) is 8.67. The van der Waals surface area contributed by atoms with Crippen LogP contribution in [0.25, 0.3) is 0 Å². The van der Waals surface area contributed by atoms with Crippen molar-refractivity contribution in [1.29, 1.82) is 0 Å². The smallest absolute Gasteiger partial charge is 0.223 e. The van der Waals surface area contributed by atoms with Gasteiger partial charge in [-0.2, -0.15) is 0 Å². The number of piperazine rings is 1. The van der Waals surface area contributed by atoms with E-state index in [9.17, 15) is 9.59 Å². The Morgan fingerprint density at radius 2 is 1.56 bits per heavy atom. The molecular weight excluding hydrogens is 338 g/mol. The van der Waals surface area contributed by atoms with Gasteiger partial charge in [-0.15, -0.1) is 0 Å². The fourth-order valence-electron chi connectivity index (χ4n) is 4.39. The van der Waals surface area contributed by atoms with Gasteiger partial charge in [0.25, 0.3) is 0 Å². The van der Waals surface area contributed by atoms with E-state index in [2.05, 4.69) is 29.0 Å². The van der Waals surface area contributed by atoms with Crippen LogP contribution in [0.3, 0.4) is 0 Å². The molecule has 2 rings (SSSR count). The Bertz CT molecular complexity index is 452. The molecule has 0 spiro atoms. The summed E-state index contributed by atoms with van der Waals surface area (Å²) in [5.41, 5.74) is 0. The van der Waals surface area contributed by atoms with E-state index >= 15 is 0 Å². The minimum absolute atomic E-state index is 0.120. The molecule has 1 N–H and O–H groups in total. The number of amides is 1. The summed E-state index contributed by atoms with van der Waals surface area (Å²) < 4.78 is 0. The highest BCUT2D eigenvalue weighted by Gasteiger charge is 2.28. The molecule has 1 heterocycles. The van der Waals surface area contributed by atoms with Crippen LogP contribution in [0.1, 0.15) is 65.7 Å².